The van der Waals surface area contributed by atoms with Gasteiger partial charge in [0.1, 0.15) is 0 Å². The van der Waals surface area contributed by atoms with Crippen LogP contribution in [-0.2, 0) is 4.79 Å². The smallest absolute Gasteiger partial charge is 0.230 e. The molecule has 1 aromatic heterocycles. The molecule has 1 N–H and O–H groups in total. The standard InChI is InChI=1S/C9H15N3OS/c1-7(6-14-3)9(13)12(2)8-4-10-11-5-8/h4-5,7H,6H2,1-3H3,(H,10,11)/t7-/m1/s1. The maximum Gasteiger partial charge on any atom is 0.230 e. The van der Waals surface area contributed by atoms with Crippen LogP contribution in [-0.4, -0.2) is 35.2 Å². The number of hydrogen-bond donors (Lipinski definition) is 1. The molecule has 78 valence electrons. The summed E-state index contributed by atoms with van der Waals surface area (Å²) in [5, 5.41) is 6.49. The molecule has 0 radical (unpaired) electrons. The van der Waals surface area contributed by atoms with Gasteiger partial charge in [-0.15, -0.1) is 0 Å². The number of thioether (sulfide) groups is 1. The van der Waals surface area contributed by atoms with Crippen LogP contribution in [0.5, 0.6) is 0 Å². The zero-order valence-electron chi connectivity index (χ0n) is 8.65. The van der Waals surface area contributed by atoms with E-state index in [1.165, 1.54) is 0 Å². The molecular formula is C9H15N3OS. The molecule has 0 saturated carbocycles. The van der Waals surface area contributed by atoms with E-state index in [1.54, 1.807) is 36.1 Å². The van der Waals surface area contributed by atoms with Crippen LogP contribution >= 0.6 is 11.8 Å². The molecule has 1 heterocycles. The molecule has 0 aliphatic rings. The average Bonchev–Trinajstić information content (AvgIpc) is 2.68. The molecule has 0 aliphatic heterocycles. The minimum atomic E-state index is 0.0462. The zero-order chi connectivity index (χ0) is 10.6. The lowest BCUT2D eigenvalue weighted by atomic mass is 10.2. The monoisotopic (exact) mass is 213 g/mol. The van der Waals surface area contributed by atoms with Gasteiger partial charge < -0.3 is 4.90 Å². The Kier molecular flexibility index (Phi) is 4.00. The molecule has 1 rings (SSSR count). The number of amides is 1. The summed E-state index contributed by atoms with van der Waals surface area (Å²) in [7, 11) is 1.77. The van der Waals surface area contributed by atoms with Gasteiger partial charge in [-0.25, -0.2) is 0 Å². The van der Waals surface area contributed by atoms with Crippen LogP contribution in [0.1, 0.15) is 6.92 Å². The number of aromatic amines is 1. The van der Waals surface area contributed by atoms with Crippen molar-refractivity contribution in [3.63, 3.8) is 0 Å². The molecule has 0 aliphatic carbocycles. The Labute approximate surface area is 88.1 Å². The Morgan fingerprint density at radius 1 is 1.79 bits per heavy atom. The minimum Gasteiger partial charge on any atom is -0.312 e. The number of hydrogen-bond acceptors (Lipinski definition) is 3. The van der Waals surface area contributed by atoms with Gasteiger partial charge in [0, 0.05) is 24.9 Å². The Morgan fingerprint density at radius 3 is 3.00 bits per heavy atom. The van der Waals surface area contributed by atoms with Crippen LogP contribution in [0.25, 0.3) is 0 Å². The third-order valence-electron chi connectivity index (χ3n) is 2.04. The van der Waals surface area contributed by atoms with E-state index in [4.69, 9.17) is 0 Å². The maximum absolute atomic E-state index is 11.8. The molecule has 0 unspecified atom stereocenters. The Bertz CT molecular complexity index is 286. The third kappa shape index (κ3) is 2.51. The van der Waals surface area contributed by atoms with Crippen molar-refractivity contribution in [1.29, 1.82) is 0 Å². The minimum absolute atomic E-state index is 0.0462. The second kappa shape index (κ2) is 5.05. The lowest BCUT2D eigenvalue weighted by molar-refractivity contribution is -0.120. The molecule has 0 bridgehead atoms. The van der Waals surface area contributed by atoms with Gasteiger partial charge in [0.05, 0.1) is 11.9 Å². The van der Waals surface area contributed by atoms with Gasteiger partial charge >= 0.3 is 0 Å². The highest BCUT2D eigenvalue weighted by molar-refractivity contribution is 7.98. The fraction of sp³-hybridized carbons (Fsp3) is 0.556. The average molecular weight is 213 g/mol. The van der Waals surface area contributed by atoms with Gasteiger partial charge in [-0.1, -0.05) is 6.92 Å². The molecule has 1 atom stereocenters. The van der Waals surface area contributed by atoms with Gasteiger partial charge in [0.2, 0.25) is 5.91 Å². The first-order valence-electron chi connectivity index (χ1n) is 4.42. The number of H-pyrrole nitrogens is 1. The lowest BCUT2D eigenvalue weighted by Gasteiger charge is -2.18. The summed E-state index contributed by atoms with van der Waals surface area (Å²) in [6, 6.07) is 0. The maximum atomic E-state index is 11.8. The number of rotatable bonds is 4. The van der Waals surface area contributed by atoms with E-state index >= 15 is 0 Å². The summed E-state index contributed by atoms with van der Waals surface area (Å²) >= 11 is 1.68. The number of carbonyl (C=O) groups excluding carboxylic acids is 1. The number of nitrogens with zero attached hydrogens (tertiary/aromatic N) is 2. The van der Waals surface area contributed by atoms with Crippen molar-refractivity contribution >= 4 is 23.4 Å². The van der Waals surface area contributed by atoms with Crippen LogP contribution in [0.4, 0.5) is 5.69 Å². The van der Waals surface area contributed by atoms with Crippen LogP contribution in [0.15, 0.2) is 12.4 Å². The first-order valence-corrected chi connectivity index (χ1v) is 5.81. The molecule has 0 saturated heterocycles. The van der Waals surface area contributed by atoms with E-state index in [2.05, 4.69) is 10.2 Å². The van der Waals surface area contributed by atoms with Crippen molar-refractivity contribution in [2.75, 3.05) is 24.0 Å². The SMILES string of the molecule is CSC[C@@H](C)C(=O)N(C)c1cn[nH]c1. The normalized spacial score (nSPS) is 12.5. The fourth-order valence-corrected chi connectivity index (χ4v) is 1.85. The molecule has 0 spiro atoms. The second-order valence-corrected chi connectivity index (χ2v) is 4.12. The van der Waals surface area contributed by atoms with E-state index in [9.17, 15) is 4.79 Å². The van der Waals surface area contributed by atoms with E-state index in [0.29, 0.717) is 0 Å². The second-order valence-electron chi connectivity index (χ2n) is 3.21. The Hall–Kier alpha value is -0.970. The van der Waals surface area contributed by atoms with Gasteiger partial charge in [-0.2, -0.15) is 16.9 Å². The molecule has 0 fully saturated rings. The summed E-state index contributed by atoms with van der Waals surface area (Å²) in [4.78, 5) is 13.4. The first-order chi connectivity index (χ1) is 6.66. The molecule has 4 nitrogen and oxygen atoms in total. The van der Waals surface area contributed by atoms with Crippen LogP contribution in [0, 0.1) is 5.92 Å². The molecule has 14 heavy (non-hydrogen) atoms. The van der Waals surface area contributed by atoms with Gasteiger partial charge in [-0.3, -0.25) is 9.89 Å². The predicted octanol–water partition coefficient (Wildman–Crippen LogP) is 1.37. The number of anilines is 1. The molecule has 5 heteroatoms. The van der Waals surface area contributed by atoms with Gasteiger partial charge in [0.15, 0.2) is 0 Å². The van der Waals surface area contributed by atoms with Crippen molar-refractivity contribution in [2.24, 2.45) is 5.92 Å². The number of nitrogens with one attached hydrogen (secondary N) is 1. The summed E-state index contributed by atoms with van der Waals surface area (Å²) in [5.74, 6) is 1.02. The predicted molar refractivity (Wildman–Crippen MR) is 59.5 cm³/mol. The van der Waals surface area contributed by atoms with E-state index < -0.39 is 0 Å². The van der Waals surface area contributed by atoms with Crippen molar-refractivity contribution in [1.82, 2.24) is 10.2 Å². The highest BCUT2D eigenvalue weighted by atomic mass is 32.2. The molecule has 1 aromatic rings. The molecule has 1 amide bonds. The topological polar surface area (TPSA) is 49.0 Å². The van der Waals surface area contributed by atoms with Crippen molar-refractivity contribution in [3.8, 4) is 0 Å². The summed E-state index contributed by atoms with van der Waals surface area (Å²) in [6.45, 7) is 1.94. The summed E-state index contributed by atoms with van der Waals surface area (Å²) in [5.41, 5.74) is 0.808. The largest absolute Gasteiger partial charge is 0.312 e. The van der Waals surface area contributed by atoms with Crippen molar-refractivity contribution < 1.29 is 4.79 Å². The van der Waals surface area contributed by atoms with Gasteiger partial charge in [-0.05, 0) is 6.26 Å². The Balaban J connectivity index is 2.61. The molecule has 0 aromatic carbocycles. The quantitative estimate of drug-likeness (QED) is 0.822. The third-order valence-corrected chi connectivity index (χ3v) is 2.87. The number of carbonyl (C=O) groups is 1. The van der Waals surface area contributed by atoms with Crippen molar-refractivity contribution in [3.05, 3.63) is 12.4 Å². The van der Waals surface area contributed by atoms with E-state index in [-0.39, 0.29) is 11.8 Å². The fourth-order valence-electron chi connectivity index (χ4n) is 1.21. The highest BCUT2D eigenvalue weighted by Gasteiger charge is 2.18. The van der Waals surface area contributed by atoms with Crippen molar-refractivity contribution in [2.45, 2.75) is 6.92 Å². The zero-order valence-corrected chi connectivity index (χ0v) is 9.47. The molecular weight excluding hydrogens is 198 g/mol. The Morgan fingerprint density at radius 2 is 2.50 bits per heavy atom. The van der Waals surface area contributed by atoms with Crippen LogP contribution in [0.2, 0.25) is 0 Å². The van der Waals surface area contributed by atoms with Gasteiger partial charge in [0.25, 0.3) is 0 Å². The summed E-state index contributed by atoms with van der Waals surface area (Å²) < 4.78 is 0. The lowest BCUT2D eigenvalue weighted by Crippen LogP contribution is -2.32. The van der Waals surface area contributed by atoms with Crippen LogP contribution in [0.3, 0.4) is 0 Å². The van der Waals surface area contributed by atoms with E-state index in [1.807, 2.05) is 13.2 Å². The highest BCUT2D eigenvalue weighted by Crippen LogP contribution is 2.14. The first kappa shape index (κ1) is 11.1. The summed E-state index contributed by atoms with van der Waals surface area (Å²) in [6.07, 6.45) is 5.36. The number of aromatic nitrogens is 2. The van der Waals surface area contributed by atoms with E-state index in [0.717, 1.165) is 11.4 Å². The van der Waals surface area contributed by atoms with Crippen LogP contribution < -0.4 is 4.90 Å².